The molecule has 230 valence electrons. The number of nitrogens with one attached hydrogen (secondary N) is 2. The smallest absolute Gasteiger partial charge is 0.255 e. The summed E-state index contributed by atoms with van der Waals surface area (Å²) < 4.78 is 23.5. The van der Waals surface area contributed by atoms with Crippen molar-refractivity contribution in [2.45, 2.75) is 32.5 Å². The molecule has 1 aliphatic heterocycles. The minimum atomic E-state index is -0.862. The molecule has 0 saturated heterocycles. The Kier molecular flexibility index (Phi) is 10.3. The molecule has 0 spiro atoms. The van der Waals surface area contributed by atoms with Crippen LogP contribution in [-0.2, 0) is 16.1 Å². The average molecular weight is 623 g/mol. The molecule has 3 aromatic rings. The number of fused-ring (bicyclic) bond motifs is 1. The molecule has 44 heavy (non-hydrogen) atoms. The van der Waals surface area contributed by atoms with E-state index in [-0.39, 0.29) is 24.2 Å². The highest BCUT2D eigenvalue weighted by Crippen LogP contribution is 2.32. The summed E-state index contributed by atoms with van der Waals surface area (Å²) in [6.45, 7) is 6.23. The number of halogens is 2. The number of amides is 2. The lowest BCUT2D eigenvalue weighted by atomic mass is 10.0. The molecule has 4 rings (SSSR count). The predicted molar refractivity (Wildman–Crippen MR) is 164 cm³/mol. The fraction of sp³-hybridized carbons (Fsp3) is 0.258. The number of allylic oxidation sites excluding steroid dienone is 3. The number of methoxy groups -OCH3 is 2. The second kappa shape index (κ2) is 14.1. The number of ether oxygens (including phenoxy) is 2. The van der Waals surface area contributed by atoms with Crippen LogP contribution >= 0.6 is 11.6 Å². The van der Waals surface area contributed by atoms with E-state index in [1.807, 2.05) is 0 Å². The highest BCUT2D eigenvalue weighted by molar-refractivity contribution is 6.33. The maximum Gasteiger partial charge on any atom is 0.255 e. The van der Waals surface area contributed by atoms with E-state index in [1.165, 1.54) is 31.4 Å². The lowest BCUT2D eigenvalue weighted by Gasteiger charge is -2.26. The van der Waals surface area contributed by atoms with Gasteiger partial charge in [0.2, 0.25) is 17.7 Å². The SMILES string of the molecule is C=C(F)/C=C(\C=C(/C)[C@@H](CO)NC(=O)[C@@H](C)N1Cc2ccc(-c3nc(Nc4ccnc(OC)c4)ncc3Cl)cc2C1=O)OC. The minimum Gasteiger partial charge on any atom is -0.497 e. The molecule has 2 amide bonds. The molecule has 1 aliphatic rings. The molecule has 0 aliphatic carbocycles. The summed E-state index contributed by atoms with van der Waals surface area (Å²) in [6.07, 6.45) is 5.62. The molecular formula is C31H32ClFN6O5. The molecule has 3 N–H and O–H groups in total. The van der Waals surface area contributed by atoms with E-state index in [0.29, 0.717) is 39.0 Å². The van der Waals surface area contributed by atoms with Gasteiger partial charge in [-0.1, -0.05) is 30.3 Å². The molecule has 3 heterocycles. The van der Waals surface area contributed by atoms with Gasteiger partial charge in [-0.05, 0) is 43.2 Å². The van der Waals surface area contributed by atoms with E-state index in [2.05, 4.69) is 32.2 Å². The molecule has 0 radical (unpaired) electrons. The Labute approximate surface area is 259 Å². The van der Waals surface area contributed by atoms with Gasteiger partial charge in [0.1, 0.15) is 17.6 Å². The zero-order chi connectivity index (χ0) is 32.0. The molecule has 0 unspecified atom stereocenters. The maximum atomic E-state index is 13.5. The van der Waals surface area contributed by atoms with E-state index in [1.54, 1.807) is 50.4 Å². The Morgan fingerprint density at radius 1 is 1.25 bits per heavy atom. The molecule has 2 atom stereocenters. The number of rotatable bonds is 12. The quantitative estimate of drug-likeness (QED) is 0.193. The number of anilines is 2. The number of hydrogen-bond donors (Lipinski definition) is 3. The Morgan fingerprint density at radius 3 is 2.70 bits per heavy atom. The van der Waals surface area contributed by atoms with Crippen LogP contribution in [0.2, 0.25) is 5.02 Å². The fourth-order valence-electron chi connectivity index (χ4n) is 4.52. The molecule has 0 saturated carbocycles. The van der Waals surface area contributed by atoms with Crippen molar-refractivity contribution in [3.8, 4) is 17.1 Å². The van der Waals surface area contributed by atoms with Gasteiger partial charge in [0, 0.05) is 41.7 Å². The molecule has 1 aromatic carbocycles. The van der Waals surface area contributed by atoms with E-state index in [9.17, 15) is 19.1 Å². The molecule has 0 fully saturated rings. The topological polar surface area (TPSA) is 139 Å². The number of pyridine rings is 1. The number of aliphatic hydroxyl groups is 1. The van der Waals surface area contributed by atoms with Crippen molar-refractivity contribution < 1.29 is 28.6 Å². The van der Waals surface area contributed by atoms with Gasteiger partial charge in [0.05, 0.1) is 43.8 Å². The number of benzene rings is 1. The van der Waals surface area contributed by atoms with Crippen molar-refractivity contribution in [2.75, 3.05) is 26.1 Å². The third-order valence-corrected chi connectivity index (χ3v) is 7.24. The summed E-state index contributed by atoms with van der Waals surface area (Å²) >= 11 is 6.45. The fourth-order valence-corrected chi connectivity index (χ4v) is 4.72. The first-order valence-corrected chi connectivity index (χ1v) is 13.9. The predicted octanol–water partition coefficient (Wildman–Crippen LogP) is 4.73. The Balaban J connectivity index is 1.50. The van der Waals surface area contributed by atoms with Gasteiger partial charge < -0.3 is 30.1 Å². The van der Waals surface area contributed by atoms with Crippen LogP contribution in [0, 0.1) is 0 Å². The lowest BCUT2D eigenvalue weighted by molar-refractivity contribution is -0.126. The van der Waals surface area contributed by atoms with Crippen molar-refractivity contribution in [2.24, 2.45) is 0 Å². The van der Waals surface area contributed by atoms with Crippen LogP contribution in [0.4, 0.5) is 16.0 Å². The molecule has 11 nitrogen and oxygen atoms in total. The summed E-state index contributed by atoms with van der Waals surface area (Å²) in [6, 6.07) is 7.06. The summed E-state index contributed by atoms with van der Waals surface area (Å²) in [5.74, 6) is -0.647. The van der Waals surface area contributed by atoms with Crippen molar-refractivity contribution in [3.05, 3.63) is 94.8 Å². The number of aromatic nitrogens is 3. The van der Waals surface area contributed by atoms with Gasteiger partial charge in [-0.25, -0.2) is 19.3 Å². The maximum absolute atomic E-state index is 13.5. The van der Waals surface area contributed by atoms with Crippen LogP contribution in [0.1, 0.15) is 29.8 Å². The van der Waals surface area contributed by atoms with E-state index >= 15 is 0 Å². The number of aliphatic hydroxyl groups excluding tert-OH is 1. The van der Waals surface area contributed by atoms with Crippen LogP contribution in [0.15, 0.2) is 78.6 Å². The van der Waals surface area contributed by atoms with Crippen LogP contribution in [0.5, 0.6) is 5.88 Å². The third-order valence-electron chi connectivity index (χ3n) is 6.96. The highest BCUT2D eigenvalue weighted by atomic mass is 35.5. The van der Waals surface area contributed by atoms with Crippen LogP contribution < -0.4 is 15.4 Å². The zero-order valence-electron chi connectivity index (χ0n) is 24.6. The minimum absolute atomic E-state index is 0.168. The number of carbonyl (C=O) groups excluding carboxylic acids is 2. The third kappa shape index (κ3) is 7.39. The van der Waals surface area contributed by atoms with Crippen LogP contribution in [0.25, 0.3) is 11.3 Å². The van der Waals surface area contributed by atoms with Gasteiger partial charge in [-0.2, -0.15) is 0 Å². The first kappa shape index (κ1) is 32.1. The van der Waals surface area contributed by atoms with E-state index < -0.39 is 30.4 Å². The molecule has 2 aromatic heterocycles. The van der Waals surface area contributed by atoms with Crippen molar-refractivity contribution in [1.29, 1.82) is 0 Å². The van der Waals surface area contributed by atoms with Gasteiger partial charge in [-0.15, -0.1) is 0 Å². The van der Waals surface area contributed by atoms with Gasteiger partial charge in [-0.3, -0.25) is 9.59 Å². The van der Waals surface area contributed by atoms with Gasteiger partial charge >= 0.3 is 0 Å². The summed E-state index contributed by atoms with van der Waals surface area (Å²) in [4.78, 5) is 41.0. The highest BCUT2D eigenvalue weighted by Gasteiger charge is 2.35. The summed E-state index contributed by atoms with van der Waals surface area (Å²) in [7, 11) is 2.88. The average Bonchev–Trinajstić information content (AvgIpc) is 3.34. The lowest BCUT2D eigenvalue weighted by Crippen LogP contribution is -2.49. The van der Waals surface area contributed by atoms with Crippen molar-refractivity contribution in [3.63, 3.8) is 0 Å². The zero-order valence-corrected chi connectivity index (χ0v) is 25.4. The number of carbonyl (C=O) groups is 2. The largest absolute Gasteiger partial charge is 0.497 e. The summed E-state index contributed by atoms with van der Waals surface area (Å²) in [5.41, 5.74) is 3.34. The summed E-state index contributed by atoms with van der Waals surface area (Å²) in [5, 5.41) is 16.0. The standard InChI is InChI=1S/C31H32ClFN6O5/c1-17(10-23(43-4)11-18(2)33)26(16-40)37-29(41)19(3)39-15-21-7-6-20(12-24(21)30(39)42)28-25(32)14-35-31(38-28)36-22-8-9-34-27(13-22)44-5/h6-14,19,26,40H,2,15-16H2,1,3-5H3,(H,37,41)(H,34,35,36,38)/b17-10+,23-11+/t19-,26-/m1/s1. The van der Waals surface area contributed by atoms with Crippen LogP contribution in [0.3, 0.4) is 0 Å². The first-order valence-electron chi connectivity index (χ1n) is 13.5. The van der Waals surface area contributed by atoms with Gasteiger partial charge in [0.25, 0.3) is 5.91 Å². The first-order chi connectivity index (χ1) is 21.0. The van der Waals surface area contributed by atoms with Crippen molar-refractivity contribution in [1.82, 2.24) is 25.2 Å². The van der Waals surface area contributed by atoms with Crippen LogP contribution in [-0.4, -0.2) is 69.7 Å². The van der Waals surface area contributed by atoms with E-state index in [0.717, 1.165) is 11.6 Å². The molecule has 0 bridgehead atoms. The Bertz CT molecular complexity index is 1650. The molecule has 13 heteroatoms. The number of hydrogen-bond acceptors (Lipinski definition) is 9. The normalized spacial score (nSPS) is 14.5. The van der Waals surface area contributed by atoms with E-state index in [4.69, 9.17) is 21.1 Å². The second-order valence-electron chi connectivity index (χ2n) is 9.91. The Morgan fingerprint density at radius 2 is 2.02 bits per heavy atom. The molecular weight excluding hydrogens is 591 g/mol. The number of nitrogens with zero attached hydrogens (tertiary/aromatic N) is 4. The second-order valence-corrected chi connectivity index (χ2v) is 10.3. The monoisotopic (exact) mass is 622 g/mol. The van der Waals surface area contributed by atoms with Gasteiger partial charge in [0.15, 0.2) is 0 Å². The Hall–Kier alpha value is -4.81. The van der Waals surface area contributed by atoms with Crippen molar-refractivity contribution >= 4 is 35.1 Å².